The number of carboxylic acid groups (broad SMARTS) is 1. The van der Waals surface area contributed by atoms with E-state index in [9.17, 15) is 18.9 Å². The number of carbonyl (C=O) groups is 1. The molecule has 0 amide bonds. The van der Waals surface area contributed by atoms with E-state index in [-0.39, 0.29) is 12.4 Å². The summed E-state index contributed by atoms with van der Waals surface area (Å²) in [5.41, 5.74) is 4.74. The third kappa shape index (κ3) is 3.64. The van der Waals surface area contributed by atoms with Gasteiger partial charge in [-0.2, -0.15) is 0 Å². The van der Waals surface area contributed by atoms with Crippen molar-refractivity contribution < 1.29 is 28.2 Å². The number of hydrogen-bond donors (Lipinski definition) is 4. The summed E-state index contributed by atoms with van der Waals surface area (Å²) in [5, 5.41) is 9.92. The van der Waals surface area contributed by atoms with Crippen molar-refractivity contribution in [3.05, 3.63) is 22.7 Å². The van der Waals surface area contributed by atoms with Gasteiger partial charge in [0.2, 0.25) is 0 Å². The van der Waals surface area contributed by atoms with E-state index in [0.717, 1.165) is 16.3 Å². The fourth-order valence-electron chi connectivity index (χ4n) is 2.64. The molecule has 0 spiro atoms. The molecule has 3 rings (SSSR count). The molecule has 5 atom stereocenters. The number of nitrogens with zero attached hydrogens (tertiary/aromatic N) is 2. The molecule has 5 N–H and O–H groups in total. The second kappa shape index (κ2) is 6.78. The molecule has 10 nitrogen and oxygen atoms in total. The topological polar surface area (TPSA) is 149 Å². The van der Waals surface area contributed by atoms with Crippen LogP contribution in [-0.2, 0) is 13.8 Å². The number of nitrogens with two attached hydrogens (primary N) is 1. The van der Waals surface area contributed by atoms with Crippen molar-refractivity contribution in [3.63, 3.8) is 0 Å². The first-order chi connectivity index (χ1) is 11.7. The summed E-state index contributed by atoms with van der Waals surface area (Å²) in [6, 6.07) is 0.259. The first-order valence-electron chi connectivity index (χ1n) is 7.39. The van der Waals surface area contributed by atoms with Crippen LogP contribution in [0.3, 0.4) is 0 Å². The molecule has 3 heterocycles. The zero-order valence-corrected chi connectivity index (χ0v) is 14.9. The van der Waals surface area contributed by atoms with Gasteiger partial charge in [0, 0.05) is 0 Å². The number of fused-ring (bicyclic) bond motifs is 1. The van der Waals surface area contributed by atoms with E-state index >= 15 is 0 Å². The molecular formula is C12H18FN4O6PS. The van der Waals surface area contributed by atoms with Crippen LogP contribution in [0.2, 0.25) is 0 Å². The van der Waals surface area contributed by atoms with Gasteiger partial charge in [-0.15, -0.1) is 0 Å². The molecule has 1 aromatic rings. The van der Waals surface area contributed by atoms with Gasteiger partial charge in [-0.25, -0.2) is 0 Å². The average molecular weight is 396 g/mol. The summed E-state index contributed by atoms with van der Waals surface area (Å²) in [7, 11) is -4.05. The van der Waals surface area contributed by atoms with Crippen LogP contribution in [-0.4, -0.2) is 55.7 Å². The van der Waals surface area contributed by atoms with E-state index < -0.39 is 48.7 Å². The van der Waals surface area contributed by atoms with Crippen molar-refractivity contribution in [1.29, 1.82) is 0 Å². The van der Waals surface area contributed by atoms with E-state index in [1.807, 2.05) is 0 Å². The second-order valence-electron chi connectivity index (χ2n) is 5.73. The predicted octanol–water partition coefficient (Wildman–Crippen LogP) is -0.342. The monoisotopic (exact) mass is 396 g/mol. The van der Waals surface area contributed by atoms with Crippen LogP contribution in [0.5, 0.6) is 0 Å². The number of halogens is 1. The van der Waals surface area contributed by atoms with Gasteiger partial charge in [-0.05, 0) is 0 Å². The molecule has 0 aromatic carbocycles. The van der Waals surface area contributed by atoms with E-state index in [1.165, 1.54) is 19.2 Å². The number of nitrogen functional groups attached to an aromatic ring is 1. The van der Waals surface area contributed by atoms with Crippen molar-refractivity contribution in [3.8, 4) is 0 Å². The number of hydrogen-bond acceptors (Lipinski definition) is 9. The number of carboxylic acids is 1. The van der Waals surface area contributed by atoms with Crippen LogP contribution in [0.25, 0.3) is 0 Å². The fourth-order valence-corrected chi connectivity index (χ4v) is 6.28. The number of thioether (sulfide) groups is 1. The Morgan fingerprint density at radius 1 is 1.68 bits per heavy atom. The summed E-state index contributed by atoms with van der Waals surface area (Å²) < 4.78 is 26.6. The van der Waals surface area contributed by atoms with Gasteiger partial charge in [-0.3, -0.25) is 0 Å². The van der Waals surface area contributed by atoms with Crippen molar-refractivity contribution in [2.24, 2.45) is 0 Å². The quantitative estimate of drug-likeness (QED) is 0.498. The second-order valence-corrected chi connectivity index (χ2v) is 9.07. The van der Waals surface area contributed by atoms with Gasteiger partial charge in [0.05, 0.1) is 0 Å². The minimum absolute atomic E-state index is 0.0327. The molecule has 13 heteroatoms. The molecule has 2 saturated heterocycles. The first-order valence-corrected chi connectivity index (χ1v) is 10.1. The molecule has 25 heavy (non-hydrogen) atoms. The van der Waals surface area contributed by atoms with Gasteiger partial charge in [0.15, 0.2) is 0 Å². The molecular weight excluding hydrogens is 378 g/mol. The summed E-state index contributed by atoms with van der Waals surface area (Å²) in [6.07, 6.45) is -1.32. The minimum atomic E-state index is -4.05. The zero-order valence-electron chi connectivity index (χ0n) is 13.0. The number of aromatic nitrogens is 2. The van der Waals surface area contributed by atoms with Crippen molar-refractivity contribution in [2.75, 3.05) is 12.3 Å². The van der Waals surface area contributed by atoms with Gasteiger partial charge in [0.1, 0.15) is 0 Å². The Balaban J connectivity index is 1.77. The Morgan fingerprint density at radius 3 is 3.04 bits per heavy atom. The van der Waals surface area contributed by atoms with E-state index in [2.05, 4.69) is 10.1 Å². The molecule has 0 saturated carbocycles. The van der Waals surface area contributed by atoms with Crippen LogP contribution in [0.4, 0.5) is 10.2 Å². The normalized spacial score (nSPS) is 33.4. The molecule has 1 unspecified atom stereocenters. The summed E-state index contributed by atoms with van der Waals surface area (Å²) in [5.74, 6) is -1.17. The Kier molecular flexibility index (Phi) is 5.02. The van der Waals surface area contributed by atoms with E-state index in [0.29, 0.717) is 0 Å². The van der Waals surface area contributed by atoms with Crippen LogP contribution in [0.1, 0.15) is 12.3 Å². The Morgan fingerprint density at radius 2 is 2.40 bits per heavy atom. The zero-order chi connectivity index (χ0) is 18.4. The van der Waals surface area contributed by atoms with E-state index in [1.54, 1.807) is 0 Å². The molecule has 140 valence electrons. The maximum absolute atomic E-state index is 14.9. The third-order valence-electron chi connectivity index (χ3n) is 3.90. The van der Waals surface area contributed by atoms with Crippen LogP contribution in [0.15, 0.2) is 17.1 Å². The maximum atomic E-state index is 14.9. The van der Waals surface area contributed by atoms with Crippen LogP contribution >= 0.6 is 19.9 Å². The van der Waals surface area contributed by atoms with E-state index in [4.69, 9.17) is 19.9 Å². The van der Waals surface area contributed by atoms with Crippen LogP contribution < -0.4 is 16.5 Å². The molecule has 2 aliphatic rings. The standard InChI is InChI=1S/C12H18FN4O6PS/c1-5(11(18)19)16-24(21)22-4-6-9(23-24)8(13)10(25-6)17-3-2-7(14)15-12(17)20/h2-3,5-6,8-10,16,21,24H,4H2,1H3,(H,18,19)(H2,14,15,20)/t5?,6-,8+,9-,10-/m1/s1. The molecule has 1 aromatic heterocycles. The van der Waals surface area contributed by atoms with Crippen molar-refractivity contribution in [1.82, 2.24) is 14.6 Å². The molecule has 0 radical (unpaired) electrons. The van der Waals surface area contributed by atoms with Crippen LogP contribution in [0, 0.1) is 0 Å². The summed E-state index contributed by atoms with van der Waals surface area (Å²) >= 11 is 1.13. The predicted molar refractivity (Wildman–Crippen MR) is 89.8 cm³/mol. The van der Waals surface area contributed by atoms with Crippen molar-refractivity contribution >= 4 is 31.6 Å². The first kappa shape index (κ1) is 18.5. The number of nitrogens with one attached hydrogen (secondary N) is 1. The number of rotatable bonds is 4. The van der Waals surface area contributed by atoms with Crippen molar-refractivity contribution in [2.45, 2.75) is 35.9 Å². The fraction of sp³-hybridized carbons (Fsp3) is 0.583. The van der Waals surface area contributed by atoms with Gasteiger partial charge >= 0.3 is 145 Å². The van der Waals surface area contributed by atoms with Gasteiger partial charge in [0.25, 0.3) is 0 Å². The number of anilines is 1. The SMILES string of the molecule is CC(N[PH]1(O)OC[C@H]2S[C@@H](n3ccc(N)nc3=O)[C@@H](F)[C@@H]2O1)C(=O)O. The Hall–Kier alpha value is -1.30. The Bertz CT molecular complexity index is 740. The molecule has 0 bridgehead atoms. The molecule has 2 aliphatic heterocycles. The Labute approximate surface area is 146 Å². The summed E-state index contributed by atoms with van der Waals surface area (Å²) in [6.45, 7) is 1.27. The summed E-state index contributed by atoms with van der Waals surface area (Å²) in [4.78, 5) is 36.8. The van der Waals surface area contributed by atoms with Gasteiger partial charge < -0.3 is 0 Å². The van der Waals surface area contributed by atoms with Gasteiger partial charge in [-0.1, -0.05) is 0 Å². The molecule has 2 fully saturated rings. The average Bonchev–Trinajstić information content (AvgIpc) is 2.83. The third-order valence-corrected chi connectivity index (χ3v) is 7.37. The molecule has 0 aliphatic carbocycles. The number of alkyl halides is 1. The number of aliphatic carboxylic acids is 1.